The Bertz CT molecular complexity index is 613. The first kappa shape index (κ1) is 17.3. The van der Waals surface area contributed by atoms with Gasteiger partial charge in [-0.2, -0.15) is 13.2 Å². The molecule has 0 spiro atoms. The maximum Gasteiger partial charge on any atom is 0.416 e. The Morgan fingerprint density at radius 3 is 2.59 bits per heavy atom. The van der Waals surface area contributed by atoms with Gasteiger partial charge in [-0.1, -0.05) is 25.1 Å². The molecule has 2 rings (SSSR count). The van der Waals surface area contributed by atoms with Crippen molar-refractivity contribution in [3.63, 3.8) is 0 Å². The summed E-state index contributed by atoms with van der Waals surface area (Å²) in [7, 11) is -3.00. The number of benzene rings is 1. The maximum atomic E-state index is 12.8. The van der Waals surface area contributed by atoms with Crippen LogP contribution in [0.2, 0.25) is 0 Å². The van der Waals surface area contributed by atoms with Gasteiger partial charge in [0.05, 0.1) is 17.1 Å². The van der Waals surface area contributed by atoms with Crippen molar-refractivity contribution in [2.75, 3.05) is 18.1 Å². The zero-order valence-electron chi connectivity index (χ0n) is 12.4. The second kappa shape index (κ2) is 6.58. The molecule has 1 aromatic carbocycles. The third-order valence-corrected chi connectivity index (χ3v) is 5.63. The lowest BCUT2D eigenvalue weighted by molar-refractivity contribution is -0.137. The van der Waals surface area contributed by atoms with Crippen molar-refractivity contribution >= 4 is 9.84 Å². The summed E-state index contributed by atoms with van der Waals surface area (Å²) < 4.78 is 61.5. The molecule has 0 bridgehead atoms. The van der Waals surface area contributed by atoms with Crippen molar-refractivity contribution in [1.82, 2.24) is 4.90 Å². The van der Waals surface area contributed by atoms with Crippen LogP contribution in [0, 0.1) is 0 Å². The van der Waals surface area contributed by atoms with Gasteiger partial charge in [-0.3, -0.25) is 4.90 Å². The fourth-order valence-electron chi connectivity index (χ4n) is 2.82. The van der Waals surface area contributed by atoms with Crippen LogP contribution in [0.4, 0.5) is 13.2 Å². The molecule has 3 nitrogen and oxygen atoms in total. The van der Waals surface area contributed by atoms with E-state index in [1.165, 1.54) is 6.07 Å². The lowest BCUT2D eigenvalue weighted by Gasteiger charge is -2.28. The quantitative estimate of drug-likeness (QED) is 0.830. The van der Waals surface area contributed by atoms with Gasteiger partial charge in [0.1, 0.15) is 0 Å². The van der Waals surface area contributed by atoms with Crippen LogP contribution in [-0.4, -0.2) is 37.4 Å². The first-order chi connectivity index (χ1) is 10.2. The molecule has 0 radical (unpaired) electrons. The summed E-state index contributed by atoms with van der Waals surface area (Å²) in [6.45, 7) is 3.00. The van der Waals surface area contributed by atoms with E-state index in [1.54, 1.807) is 6.07 Å². The molecule has 0 aliphatic carbocycles. The first-order valence-electron chi connectivity index (χ1n) is 7.32. The Balaban J connectivity index is 2.15. The summed E-state index contributed by atoms with van der Waals surface area (Å²) in [4.78, 5) is 1.99. The van der Waals surface area contributed by atoms with E-state index in [0.717, 1.165) is 18.6 Å². The third kappa shape index (κ3) is 4.46. The second-order valence-corrected chi connectivity index (χ2v) is 7.95. The number of alkyl halides is 3. The smallest absolute Gasteiger partial charge is 0.295 e. The molecular formula is C15H20F3NO2S. The molecule has 7 heteroatoms. The van der Waals surface area contributed by atoms with Crippen LogP contribution in [-0.2, 0) is 22.6 Å². The van der Waals surface area contributed by atoms with Crippen LogP contribution in [0.5, 0.6) is 0 Å². The molecule has 1 atom stereocenters. The topological polar surface area (TPSA) is 37.4 Å². The fourth-order valence-corrected chi connectivity index (χ4v) is 4.58. The van der Waals surface area contributed by atoms with E-state index >= 15 is 0 Å². The average molecular weight is 335 g/mol. The van der Waals surface area contributed by atoms with E-state index in [2.05, 4.69) is 0 Å². The normalized spacial score (nSPS) is 21.4. The lowest BCUT2D eigenvalue weighted by atomic mass is 10.1. The van der Waals surface area contributed by atoms with Crippen molar-refractivity contribution in [3.8, 4) is 0 Å². The Hall–Kier alpha value is -1.08. The van der Waals surface area contributed by atoms with Gasteiger partial charge < -0.3 is 0 Å². The van der Waals surface area contributed by atoms with Gasteiger partial charge >= 0.3 is 6.18 Å². The highest BCUT2D eigenvalue weighted by atomic mass is 32.2. The minimum atomic E-state index is -4.36. The van der Waals surface area contributed by atoms with Gasteiger partial charge in [0.2, 0.25) is 0 Å². The first-order valence-corrected chi connectivity index (χ1v) is 9.14. The maximum absolute atomic E-state index is 12.8. The molecule has 0 amide bonds. The Kier molecular flexibility index (Phi) is 5.17. The summed E-state index contributed by atoms with van der Waals surface area (Å²) in [6.07, 6.45) is -2.97. The van der Waals surface area contributed by atoms with E-state index in [9.17, 15) is 21.6 Å². The van der Waals surface area contributed by atoms with E-state index in [1.807, 2.05) is 11.8 Å². The van der Waals surface area contributed by atoms with Crippen molar-refractivity contribution in [3.05, 3.63) is 35.4 Å². The lowest BCUT2D eigenvalue weighted by Crippen LogP contribution is -2.36. The molecule has 0 N–H and O–H groups in total. The highest BCUT2D eigenvalue weighted by Crippen LogP contribution is 2.30. The van der Waals surface area contributed by atoms with Gasteiger partial charge in [-0.05, 0) is 31.0 Å². The van der Waals surface area contributed by atoms with Gasteiger partial charge in [-0.15, -0.1) is 0 Å². The molecule has 1 fully saturated rings. The van der Waals surface area contributed by atoms with Crippen LogP contribution in [0.1, 0.15) is 30.9 Å². The third-order valence-electron chi connectivity index (χ3n) is 3.88. The van der Waals surface area contributed by atoms with Crippen LogP contribution >= 0.6 is 0 Å². The summed E-state index contributed by atoms with van der Waals surface area (Å²) >= 11 is 0. The van der Waals surface area contributed by atoms with Crippen LogP contribution in [0.3, 0.4) is 0 Å². The molecule has 22 heavy (non-hydrogen) atoms. The Morgan fingerprint density at radius 1 is 1.32 bits per heavy atom. The molecule has 1 heterocycles. The molecule has 1 saturated heterocycles. The largest absolute Gasteiger partial charge is 0.416 e. The Labute approximate surface area is 129 Å². The zero-order chi connectivity index (χ0) is 16.4. The summed E-state index contributed by atoms with van der Waals surface area (Å²) in [5.74, 6) is 0.270. The molecule has 0 unspecified atom stereocenters. The minimum Gasteiger partial charge on any atom is -0.295 e. The van der Waals surface area contributed by atoms with Crippen LogP contribution in [0.25, 0.3) is 0 Å². The van der Waals surface area contributed by atoms with Gasteiger partial charge in [0.25, 0.3) is 0 Å². The number of rotatable bonds is 5. The highest BCUT2D eigenvalue weighted by molar-refractivity contribution is 7.91. The van der Waals surface area contributed by atoms with Gasteiger partial charge in [-0.25, -0.2) is 8.42 Å². The molecular weight excluding hydrogens is 315 g/mol. The van der Waals surface area contributed by atoms with E-state index < -0.39 is 21.6 Å². The van der Waals surface area contributed by atoms with Crippen LogP contribution < -0.4 is 0 Å². The fraction of sp³-hybridized carbons (Fsp3) is 0.600. The number of halogens is 3. The molecule has 1 aliphatic heterocycles. The van der Waals surface area contributed by atoms with Crippen LogP contribution in [0.15, 0.2) is 24.3 Å². The standard InChI is InChI=1S/C15H20F3NO2S/c1-2-7-19(14-6-8-22(20,21)11-14)10-12-4-3-5-13(9-12)15(16,17)18/h3-5,9,14H,2,6-8,10-11H2,1H3/t14-/m1/s1. The second-order valence-electron chi connectivity index (χ2n) is 5.73. The average Bonchev–Trinajstić information content (AvgIpc) is 2.78. The predicted octanol–water partition coefficient (Wildman–Crippen LogP) is 3.10. The van der Waals surface area contributed by atoms with E-state index in [0.29, 0.717) is 25.1 Å². The molecule has 124 valence electrons. The van der Waals surface area contributed by atoms with Crippen molar-refractivity contribution in [2.45, 2.75) is 38.5 Å². The van der Waals surface area contributed by atoms with Gasteiger partial charge in [0.15, 0.2) is 9.84 Å². The SMILES string of the molecule is CCCN(Cc1cccc(C(F)(F)F)c1)[C@@H]1CCS(=O)(=O)C1. The van der Waals surface area contributed by atoms with Crippen molar-refractivity contribution in [2.24, 2.45) is 0 Å². The van der Waals surface area contributed by atoms with E-state index in [-0.39, 0.29) is 17.5 Å². The number of hydrogen-bond donors (Lipinski definition) is 0. The zero-order valence-corrected chi connectivity index (χ0v) is 13.3. The van der Waals surface area contributed by atoms with Gasteiger partial charge in [0, 0.05) is 12.6 Å². The summed E-state index contributed by atoms with van der Waals surface area (Å²) in [5.41, 5.74) is -0.104. The van der Waals surface area contributed by atoms with Crippen molar-refractivity contribution < 1.29 is 21.6 Å². The summed E-state index contributed by atoms with van der Waals surface area (Å²) in [6, 6.07) is 5.15. The van der Waals surface area contributed by atoms with E-state index in [4.69, 9.17) is 0 Å². The minimum absolute atomic E-state index is 0.0977. The molecule has 1 aliphatic rings. The number of nitrogens with zero attached hydrogens (tertiary/aromatic N) is 1. The summed E-state index contributed by atoms with van der Waals surface area (Å²) in [5, 5.41) is 0. The van der Waals surface area contributed by atoms with Crippen molar-refractivity contribution in [1.29, 1.82) is 0 Å². The predicted molar refractivity (Wildman–Crippen MR) is 79.2 cm³/mol. The molecule has 1 aromatic rings. The highest BCUT2D eigenvalue weighted by Gasteiger charge is 2.33. The molecule has 0 saturated carbocycles. The Morgan fingerprint density at radius 2 is 2.05 bits per heavy atom. The molecule has 0 aromatic heterocycles. The number of sulfone groups is 1. The monoisotopic (exact) mass is 335 g/mol. The number of hydrogen-bond acceptors (Lipinski definition) is 3.